The first-order valence-corrected chi connectivity index (χ1v) is 6.24. The van der Waals surface area contributed by atoms with Crippen LogP contribution in [-0.2, 0) is 6.54 Å². The molecule has 0 saturated carbocycles. The van der Waals surface area contributed by atoms with Gasteiger partial charge in [-0.25, -0.2) is 0 Å². The predicted octanol–water partition coefficient (Wildman–Crippen LogP) is 3.62. The van der Waals surface area contributed by atoms with E-state index in [9.17, 15) is 0 Å². The number of nitrogens with one attached hydrogen (secondary N) is 1. The van der Waals surface area contributed by atoms with E-state index in [1.807, 2.05) is 24.3 Å². The van der Waals surface area contributed by atoms with E-state index < -0.39 is 0 Å². The molecule has 0 heterocycles. The number of rotatable bonds is 5. The smallest absolute Gasteiger partial charge is 0.124 e. The molecule has 0 atom stereocenters. The van der Waals surface area contributed by atoms with E-state index in [1.54, 1.807) is 14.2 Å². The van der Waals surface area contributed by atoms with Crippen LogP contribution in [0.1, 0.15) is 11.1 Å². The average Bonchev–Trinajstić information content (AvgIpc) is 2.46. The third kappa shape index (κ3) is 3.41. The van der Waals surface area contributed by atoms with Gasteiger partial charge in [-0.2, -0.15) is 0 Å². The third-order valence-corrected chi connectivity index (χ3v) is 3.10. The summed E-state index contributed by atoms with van der Waals surface area (Å²) in [5, 5.41) is 3.39. The fourth-order valence-corrected chi connectivity index (χ4v) is 1.92. The molecule has 19 heavy (non-hydrogen) atoms. The van der Waals surface area contributed by atoms with Gasteiger partial charge in [-0.1, -0.05) is 24.3 Å². The second-order valence-electron chi connectivity index (χ2n) is 4.38. The van der Waals surface area contributed by atoms with Gasteiger partial charge in [0, 0.05) is 30.4 Å². The van der Waals surface area contributed by atoms with Crippen molar-refractivity contribution in [3.05, 3.63) is 53.6 Å². The molecule has 3 heteroatoms. The highest BCUT2D eigenvalue weighted by molar-refractivity contribution is 5.54. The average molecular weight is 257 g/mol. The van der Waals surface area contributed by atoms with Gasteiger partial charge in [0.05, 0.1) is 14.2 Å². The Kier molecular flexibility index (Phi) is 4.29. The molecule has 0 spiro atoms. The summed E-state index contributed by atoms with van der Waals surface area (Å²) in [5.74, 6) is 1.57. The first kappa shape index (κ1) is 13.3. The Hall–Kier alpha value is -2.16. The lowest BCUT2D eigenvalue weighted by Gasteiger charge is -2.12. The number of hydrogen-bond donors (Lipinski definition) is 1. The van der Waals surface area contributed by atoms with Gasteiger partial charge in [0.1, 0.15) is 11.5 Å². The summed E-state index contributed by atoms with van der Waals surface area (Å²) in [4.78, 5) is 0. The van der Waals surface area contributed by atoms with Crippen LogP contribution in [0, 0.1) is 6.92 Å². The summed E-state index contributed by atoms with van der Waals surface area (Å²) in [7, 11) is 3.31. The highest BCUT2D eigenvalue weighted by Gasteiger charge is 2.02. The van der Waals surface area contributed by atoms with Gasteiger partial charge in [-0.15, -0.1) is 0 Å². The summed E-state index contributed by atoms with van der Waals surface area (Å²) in [5.41, 5.74) is 3.55. The highest BCUT2D eigenvalue weighted by atomic mass is 16.5. The van der Waals surface area contributed by atoms with E-state index in [2.05, 4.69) is 30.4 Å². The van der Waals surface area contributed by atoms with E-state index >= 15 is 0 Å². The minimum atomic E-state index is 0.781. The maximum Gasteiger partial charge on any atom is 0.124 e. The molecule has 3 nitrogen and oxygen atoms in total. The lowest BCUT2D eigenvalue weighted by Crippen LogP contribution is -2.01. The van der Waals surface area contributed by atoms with Gasteiger partial charge >= 0.3 is 0 Å². The van der Waals surface area contributed by atoms with Crippen LogP contribution in [0.15, 0.2) is 42.5 Å². The van der Waals surface area contributed by atoms with Crippen LogP contribution in [0.3, 0.4) is 0 Å². The SMILES string of the molecule is COc1cc(NCc2ccccc2C)cc(OC)c1. The van der Waals surface area contributed by atoms with Crippen LogP contribution in [-0.4, -0.2) is 14.2 Å². The standard InChI is InChI=1S/C16H19NO2/c1-12-6-4-5-7-13(12)11-17-14-8-15(18-2)10-16(9-14)19-3/h4-10,17H,11H2,1-3H3. The van der Waals surface area contributed by atoms with Crippen LogP contribution in [0.25, 0.3) is 0 Å². The Morgan fingerprint density at radius 1 is 0.947 bits per heavy atom. The van der Waals surface area contributed by atoms with E-state index in [0.717, 1.165) is 23.7 Å². The predicted molar refractivity (Wildman–Crippen MR) is 78.1 cm³/mol. The van der Waals surface area contributed by atoms with E-state index in [0.29, 0.717) is 0 Å². The van der Waals surface area contributed by atoms with Crippen molar-refractivity contribution in [3.63, 3.8) is 0 Å². The first-order valence-electron chi connectivity index (χ1n) is 6.24. The Morgan fingerprint density at radius 3 is 2.16 bits per heavy atom. The van der Waals surface area contributed by atoms with Crippen molar-refractivity contribution in [2.24, 2.45) is 0 Å². The minimum Gasteiger partial charge on any atom is -0.497 e. The van der Waals surface area contributed by atoms with Crippen molar-refractivity contribution >= 4 is 5.69 Å². The van der Waals surface area contributed by atoms with E-state index in [-0.39, 0.29) is 0 Å². The third-order valence-electron chi connectivity index (χ3n) is 3.10. The molecule has 0 aliphatic carbocycles. The van der Waals surface area contributed by atoms with Crippen molar-refractivity contribution in [2.75, 3.05) is 19.5 Å². The molecule has 100 valence electrons. The lowest BCUT2D eigenvalue weighted by molar-refractivity contribution is 0.394. The van der Waals surface area contributed by atoms with Crippen LogP contribution in [0.4, 0.5) is 5.69 Å². The molecule has 0 saturated heterocycles. The van der Waals surface area contributed by atoms with Gasteiger partial charge in [-0.3, -0.25) is 0 Å². The van der Waals surface area contributed by atoms with E-state index in [4.69, 9.17) is 9.47 Å². The molecule has 0 aliphatic rings. The molecular weight excluding hydrogens is 238 g/mol. The largest absolute Gasteiger partial charge is 0.497 e. The summed E-state index contributed by atoms with van der Waals surface area (Å²) < 4.78 is 10.5. The number of benzene rings is 2. The van der Waals surface area contributed by atoms with Crippen molar-refractivity contribution < 1.29 is 9.47 Å². The zero-order chi connectivity index (χ0) is 13.7. The van der Waals surface area contributed by atoms with Crippen molar-refractivity contribution in [3.8, 4) is 11.5 Å². The molecule has 0 aromatic heterocycles. The Morgan fingerprint density at radius 2 is 1.58 bits per heavy atom. The van der Waals surface area contributed by atoms with Crippen LogP contribution >= 0.6 is 0 Å². The molecule has 2 aromatic carbocycles. The van der Waals surface area contributed by atoms with Crippen LogP contribution in [0.5, 0.6) is 11.5 Å². The van der Waals surface area contributed by atoms with Gasteiger partial charge in [0.25, 0.3) is 0 Å². The fourth-order valence-electron chi connectivity index (χ4n) is 1.92. The minimum absolute atomic E-state index is 0.781. The number of methoxy groups -OCH3 is 2. The molecule has 0 unspecified atom stereocenters. The van der Waals surface area contributed by atoms with Gasteiger partial charge < -0.3 is 14.8 Å². The Balaban J connectivity index is 2.13. The monoisotopic (exact) mass is 257 g/mol. The van der Waals surface area contributed by atoms with Gasteiger partial charge in [-0.05, 0) is 18.1 Å². The fraction of sp³-hybridized carbons (Fsp3) is 0.250. The molecule has 0 amide bonds. The van der Waals surface area contributed by atoms with E-state index in [1.165, 1.54) is 11.1 Å². The molecule has 0 bridgehead atoms. The molecule has 2 aromatic rings. The first-order chi connectivity index (χ1) is 9.22. The molecule has 0 fully saturated rings. The zero-order valence-electron chi connectivity index (χ0n) is 11.6. The summed E-state index contributed by atoms with van der Waals surface area (Å²) >= 11 is 0. The molecule has 1 N–H and O–H groups in total. The van der Waals surface area contributed by atoms with Gasteiger partial charge in [0.15, 0.2) is 0 Å². The number of hydrogen-bond acceptors (Lipinski definition) is 3. The summed E-state index contributed by atoms with van der Waals surface area (Å²) in [6, 6.07) is 14.1. The normalized spacial score (nSPS) is 10.1. The molecular formula is C16H19NO2. The van der Waals surface area contributed by atoms with Crippen molar-refractivity contribution in [1.29, 1.82) is 0 Å². The molecule has 0 aliphatic heterocycles. The topological polar surface area (TPSA) is 30.5 Å². The Bertz CT molecular complexity index is 530. The van der Waals surface area contributed by atoms with Crippen LogP contribution < -0.4 is 14.8 Å². The summed E-state index contributed by atoms with van der Waals surface area (Å²) in [6.07, 6.45) is 0. The maximum absolute atomic E-state index is 5.25. The summed E-state index contributed by atoms with van der Waals surface area (Å²) in [6.45, 7) is 2.90. The maximum atomic E-state index is 5.25. The Labute approximate surface area is 114 Å². The van der Waals surface area contributed by atoms with Crippen molar-refractivity contribution in [2.45, 2.75) is 13.5 Å². The lowest BCUT2D eigenvalue weighted by atomic mass is 10.1. The number of aryl methyl sites for hydroxylation is 1. The molecule has 2 rings (SSSR count). The molecule has 0 radical (unpaired) electrons. The second kappa shape index (κ2) is 6.14. The number of anilines is 1. The quantitative estimate of drug-likeness (QED) is 0.887. The van der Waals surface area contributed by atoms with Gasteiger partial charge in [0.2, 0.25) is 0 Å². The zero-order valence-corrected chi connectivity index (χ0v) is 11.6. The van der Waals surface area contributed by atoms with Crippen molar-refractivity contribution in [1.82, 2.24) is 0 Å². The number of ether oxygens (including phenoxy) is 2. The highest BCUT2D eigenvalue weighted by Crippen LogP contribution is 2.26. The van der Waals surface area contributed by atoms with Crippen LogP contribution in [0.2, 0.25) is 0 Å². The second-order valence-corrected chi connectivity index (χ2v) is 4.38.